The molecule has 110 valence electrons. The van der Waals surface area contributed by atoms with Crippen molar-refractivity contribution in [2.45, 2.75) is 32.4 Å². The van der Waals surface area contributed by atoms with Gasteiger partial charge in [0.1, 0.15) is 5.75 Å². The third kappa shape index (κ3) is 4.55. The lowest BCUT2D eigenvalue weighted by Gasteiger charge is -2.22. The van der Waals surface area contributed by atoms with Gasteiger partial charge in [-0.25, -0.2) is 4.79 Å². The van der Waals surface area contributed by atoms with Crippen LogP contribution in [0.15, 0.2) is 24.3 Å². The van der Waals surface area contributed by atoms with Crippen LogP contribution in [0.4, 0.5) is 0 Å². The highest BCUT2D eigenvalue weighted by Gasteiger charge is 2.27. The molecule has 6 nitrogen and oxygen atoms in total. The van der Waals surface area contributed by atoms with E-state index in [0.717, 1.165) is 5.56 Å². The van der Waals surface area contributed by atoms with E-state index in [1.54, 1.807) is 24.3 Å². The number of carboxylic acid groups (broad SMARTS) is 1. The quantitative estimate of drug-likeness (QED) is 0.679. The molecule has 6 heteroatoms. The van der Waals surface area contributed by atoms with Gasteiger partial charge >= 0.3 is 5.97 Å². The molecule has 2 atom stereocenters. The Morgan fingerprint density at radius 2 is 2.00 bits per heavy atom. The maximum atomic E-state index is 11.1. The summed E-state index contributed by atoms with van der Waals surface area (Å²) in [5, 5.41) is 21.0. The van der Waals surface area contributed by atoms with Crippen LogP contribution in [0.2, 0.25) is 0 Å². The molecular weight excluding hydrogens is 262 g/mol. The van der Waals surface area contributed by atoms with Crippen LogP contribution in [0.3, 0.4) is 0 Å². The smallest absolute Gasteiger partial charge is 0.334 e. The molecule has 0 aromatic heterocycles. The van der Waals surface area contributed by atoms with Gasteiger partial charge in [0.2, 0.25) is 5.91 Å². The Bertz CT molecular complexity index is 474. The van der Waals surface area contributed by atoms with Crippen LogP contribution in [0, 0.1) is 0 Å². The van der Waals surface area contributed by atoms with E-state index in [1.807, 2.05) is 6.92 Å². The van der Waals surface area contributed by atoms with Gasteiger partial charge < -0.3 is 20.3 Å². The number of carbonyl (C=O) groups excluding carboxylic acids is 1. The normalized spacial score (nSPS) is 13.3. The molecule has 0 aliphatic rings. The largest absolute Gasteiger partial charge is 0.494 e. The predicted octanol–water partition coefficient (Wildman–Crippen LogP) is 0.578. The Morgan fingerprint density at radius 1 is 1.35 bits per heavy atom. The van der Waals surface area contributed by atoms with Crippen LogP contribution in [0.25, 0.3) is 0 Å². The summed E-state index contributed by atoms with van der Waals surface area (Å²) in [6.45, 7) is 3.59. The molecule has 0 radical (unpaired) electrons. The van der Waals surface area contributed by atoms with Crippen molar-refractivity contribution in [3.05, 3.63) is 29.8 Å². The lowest BCUT2D eigenvalue weighted by Crippen LogP contribution is -2.47. The number of benzene rings is 1. The number of carboxylic acids is 1. The summed E-state index contributed by atoms with van der Waals surface area (Å²) < 4.78 is 5.44. The maximum absolute atomic E-state index is 11.1. The van der Waals surface area contributed by atoms with E-state index in [4.69, 9.17) is 9.84 Å². The third-order valence-corrected chi connectivity index (χ3v) is 2.74. The summed E-state index contributed by atoms with van der Waals surface area (Å²) in [5.41, 5.74) is 0.730. The number of aliphatic carboxylic acids is 1. The second kappa shape index (κ2) is 7.49. The first-order valence-electron chi connectivity index (χ1n) is 6.34. The molecule has 1 aromatic carbocycles. The Hall–Kier alpha value is -2.08. The Balaban J connectivity index is 2.94. The monoisotopic (exact) mass is 281 g/mol. The average molecular weight is 281 g/mol. The number of ether oxygens (including phenoxy) is 1. The minimum absolute atomic E-state index is 0.170. The summed E-state index contributed by atoms with van der Waals surface area (Å²) in [5.74, 6) is -1.16. The van der Waals surface area contributed by atoms with Gasteiger partial charge in [-0.15, -0.1) is 0 Å². The van der Waals surface area contributed by atoms with Crippen molar-refractivity contribution in [3.63, 3.8) is 0 Å². The number of nitrogens with one attached hydrogen (secondary N) is 1. The number of carbonyl (C=O) groups is 2. The number of amides is 1. The molecule has 1 aromatic rings. The van der Waals surface area contributed by atoms with Crippen LogP contribution < -0.4 is 10.1 Å². The van der Waals surface area contributed by atoms with Crippen LogP contribution in [0.1, 0.15) is 19.4 Å². The van der Waals surface area contributed by atoms with Crippen LogP contribution in [-0.2, 0) is 16.0 Å². The van der Waals surface area contributed by atoms with Crippen molar-refractivity contribution >= 4 is 11.9 Å². The first-order valence-corrected chi connectivity index (χ1v) is 6.34. The summed E-state index contributed by atoms with van der Waals surface area (Å²) in [6, 6.07) is 6.21. The van der Waals surface area contributed by atoms with Gasteiger partial charge in [0.05, 0.1) is 12.6 Å². The highest BCUT2D eigenvalue weighted by Crippen LogP contribution is 2.20. The zero-order valence-corrected chi connectivity index (χ0v) is 11.5. The van der Waals surface area contributed by atoms with Gasteiger partial charge in [-0.1, -0.05) is 18.2 Å². The second-order valence-corrected chi connectivity index (χ2v) is 4.33. The van der Waals surface area contributed by atoms with Gasteiger partial charge in [0.15, 0.2) is 6.10 Å². The molecule has 0 fully saturated rings. The van der Waals surface area contributed by atoms with E-state index in [0.29, 0.717) is 12.4 Å². The number of para-hydroxylation sites is 1. The zero-order valence-electron chi connectivity index (χ0n) is 11.5. The lowest BCUT2D eigenvalue weighted by molar-refractivity contribution is -0.148. The van der Waals surface area contributed by atoms with E-state index in [-0.39, 0.29) is 6.42 Å². The van der Waals surface area contributed by atoms with E-state index >= 15 is 0 Å². The number of rotatable bonds is 7. The molecule has 0 aliphatic heterocycles. The van der Waals surface area contributed by atoms with E-state index in [9.17, 15) is 14.7 Å². The van der Waals surface area contributed by atoms with Crippen molar-refractivity contribution in [2.75, 3.05) is 6.61 Å². The number of aliphatic hydroxyl groups excluding tert-OH is 1. The second-order valence-electron chi connectivity index (χ2n) is 4.33. The van der Waals surface area contributed by atoms with Crippen molar-refractivity contribution in [1.29, 1.82) is 0 Å². The first kappa shape index (κ1) is 16.0. The fourth-order valence-corrected chi connectivity index (χ4v) is 1.88. The number of hydrogen-bond acceptors (Lipinski definition) is 4. The van der Waals surface area contributed by atoms with E-state index in [2.05, 4.69) is 5.32 Å². The van der Waals surface area contributed by atoms with Gasteiger partial charge in [-0.2, -0.15) is 0 Å². The molecule has 2 unspecified atom stereocenters. The highest BCUT2D eigenvalue weighted by atomic mass is 16.5. The Morgan fingerprint density at radius 3 is 2.55 bits per heavy atom. The van der Waals surface area contributed by atoms with Gasteiger partial charge in [-0.3, -0.25) is 4.79 Å². The van der Waals surface area contributed by atoms with E-state index < -0.39 is 24.0 Å². The summed E-state index contributed by atoms with van der Waals surface area (Å²) in [6.07, 6.45) is -1.50. The van der Waals surface area contributed by atoms with Crippen LogP contribution >= 0.6 is 0 Å². The highest BCUT2D eigenvalue weighted by molar-refractivity contribution is 5.77. The molecule has 0 saturated heterocycles. The first-order chi connectivity index (χ1) is 9.45. The third-order valence-electron chi connectivity index (χ3n) is 2.74. The van der Waals surface area contributed by atoms with Crippen molar-refractivity contribution < 1.29 is 24.5 Å². The van der Waals surface area contributed by atoms with Crippen molar-refractivity contribution in [3.8, 4) is 5.75 Å². The maximum Gasteiger partial charge on any atom is 0.334 e. The molecule has 0 aliphatic carbocycles. The minimum Gasteiger partial charge on any atom is -0.494 e. The van der Waals surface area contributed by atoms with Crippen LogP contribution in [0.5, 0.6) is 5.75 Å². The minimum atomic E-state index is -1.67. The molecule has 0 heterocycles. The fourth-order valence-electron chi connectivity index (χ4n) is 1.88. The lowest BCUT2D eigenvalue weighted by atomic mass is 10.0. The molecule has 0 bridgehead atoms. The topological polar surface area (TPSA) is 95.9 Å². The average Bonchev–Trinajstić information content (AvgIpc) is 2.39. The van der Waals surface area contributed by atoms with Crippen LogP contribution in [-0.4, -0.2) is 40.8 Å². The Kier molecular flexibility index (Phi) is 5.99. The van der Waals surface area contributed by atoms with E-state index in [1.165, 1.54) is 6.92 Å². The Labute approximate surface area is 117 Å². The molecule has 0 saturated carbocycles. The van der Waals surface area contributed by atoms with Gasteiger partial charge in [-0.05, 0) is 25.0 Å². The fraction of sp³-hybridized carbons (Fsp3) is 0.429. The zero-order chi connectivity index (χ0) is 15.1. The molecule has 1 amide bonds. The number of hydrogen-bond donors (Lipinski definition) is 3. The SMILES string of the molecule is CCOc1ccccc1CC(NC(C)=O)C(O)C(=O)O. The summed E-state index contributed by atoms with van der Waals surface area (Å²) in [7, 11) is 0. The molecular formula is C14H19NO5. The van der Waals surface area contributed by atoms with Gasteiger partial charge in [0.25, 0.3) is 0 Å². The molecule has 20 heavy (non-hydrogen) atoms. The summed E-state index contributed by atoms with van der Waals surface area (Å²) >= 11 is 0. The molecule has 3 N–H and O–H groups in total. The predicted molar refractivity (Wildman–Crippen MR) is 72.6 cm³/mol. The standard InChI is InChI=1S/C14H19NO5/c1-3-20-12-7-5-4-6-10(12)8-11(15-9(2)16)13(17)14(18)19/h4-7,11,13,17H,3,8H2,1-2H3,(H,15,16)(H,18,19). The van der Waals surface area contributed by atoms with Gasteiger partial charge in [0, 0.05) is 6.92 Å². The number of aliphatic hydroxyl groups is 1. The van der Waals surface area contributed by atoms with Crippen molar-refractivity contribution in [1.82, 2.24) is 5.32 Å². The molecule has 0 spiro atoms. The summed E-state index contributed by atoms with van der Waals surface area (Å²) in [4.78, 5) is 22.0. The van der Waals surface area contributed by atoms with Crippen molar-refractivity contribution in [2.24, 2.45) is 0 Å². The molecule has 1 rings (SSSR count).